The first-order chi connectivity index (χ1) is 16.7. The molecule has 2 aromatic carbocycles. The van der Waals surface area contributed by atoms with Crippen LogP contribution in [0.4, 0.5) is 4.79 Å². The number of carbonyl (C=O) groups is 2. The van der Waals surface area contributed by atoms with E-state index < -0.39 is 23.7 Å². The summed E-state index contributed by atoms with van der Waals surface area (Å²) in [7, 11) is 0. The Morgan fingerprint density at radius 3 is 2.17 bits per heavy atom. The zero-order valence-electron chi connectivity index (χ0n) is 19.8. The molecule has 4 rings (SSSR count). The van der Waals surface area contributed by atoms with Gasteiger partial charge < -0.3 is 14.8 Å². The molecule has 8 nitrogen and oxygen atoms in total. The number of nitrogens with one attached hydrogen (secondary N) is 1. The number of fused-ring (bicyclic) bond motifs is 3. The van der Waals surface area contributed by atoms with Gasteiger partial charge in [0, 0.05) is 12.3 Å². The highest BCUT2D eigenvalue weighted by Gasteiger charge is 2.31. The van der Waals surface area contributed by atoms with Crippen molar-refractivity contribution in [2.24, 2.45) is 0 Å². The molecule has 178 valence electrons. The molecule has 0 aliphatic heterocycles. The second-order valence-corrected chi connectivity index (χ2v) is 9.28. The third-order valence-electron chi connectivity index (χ3n) is 5.57. The Kier molecular flexibility index (Phi) is 6.78. The van der Waals surface area contributed by atoms with E-state index in [1.165, 1.54) is 6.07 Å². The average molecular weight is 471 g/mol. The van der Waals surface area contributed by atoms with Gasteiger partial charge in [0.05, 0.1) is 5.69 Å². The summed E-state index contributed by atoms with van der Waals surface area (Å²) in [6.07, 6.45) is -0.693. The van der Waals surface area contributed by atoms with Crippen molar-refractivity contribution in [2.45, 2.75) is 44.8 Å². The number of ether oxygens (including phenoxy) is 2. The molecule has 0 bridgehead atoms. The fourth-order valence-electron chi connectivity index (χ4n) is 4.09. The van der Waals surface area contributed by atoms with E-state index in [2.05, 4.69) is 27.6 Å². The Balaban J connectivity index is 1.47. The molecule has 0 spiro atoms. The van der Waals surface area contributed by atoms with Crippen LogP contribution in [0.15, 0.2) is 60.7 Å². The van der Waals surface area contributed by atoms with Gasteiger partial charge in [-0.3, -0.25) is 0 Å². The lowest BCUT2D eigenvalue weighted by atomic mass is 9.98. The summed E-state index contributed by atoms with van der Waals surface area (Å²) >= 11 is 0. The van der Waals surface area contributed by atoms with E-state index in [1.54, 1.807) is 26.8 Å². The van der Waals surface area contributed by atoms with Gasteiger partial charge in [-0.2, -0.15) is 10.4 Å². The van der Waals surface area contributed by atoms with Crippen molar-refractivity contribution in [1.82, 2.24) is 15.5 Å². The first-order valence-corrected chi connectivity index (χ1v) is 11.3. The van der Waals surface area contributed by atoms with Crippen molar-refractivity contribution in [3.05, 3.63) is 83.2 Å². The number of esters is 1. The van der Waals surface area contributed by atoms with Crippen molar-refractivity contribution in [3.63, 3.8) is 0 Å². The molecule has 1 atom stereocenters. The largest absolute Gasteiger partial charge is 0.458 e. The van der Waals surface area contributed by atoms with Gasteiger partial charge in [-0.25, -0.2) is 9.59 Å². The van der Waals surface area contributed by atoms with Crippen LogP contribution in [0, 0.1) is 11.3 Å². The summed E-state index contributed by atoms with van der Waals surface area (Å²) in [4.78, 5) is 25.6. The van der Waals surface area contributed by atoms with Crippen LogP contribution in [0.2, 0.25) is 0 Å². The number of alkyl carbamates (subject to hydrolysis) is 1. The topological polar surface area (TPSA) is 114 Å². The van der Waals surface area contributed by atoms with Gasteiger partial charge >= 0.3 is 12.1 Å². The minimum absolute atomic E-state index is 0.0395. The third-order valence-corrected chi connectivity index (χ3v) is 5.57. The number of rotatable bonds is 6. The molecule has 1 aromatic heterocycles. The molecular formula is C27H26N4O4. The molecule has 1 N–H and O–H groups in total. The van der Waals surface area contributed by atoms with E-state index in [0.717, 1.165) is 22.3 Å². The normalized spacial score (nSPS) is 13.2. The molecule has 35 heavy (non-hydrogen) atoms. The second-order valence-electron chi connectivity index (χ2n) is 9.28. The van der Waals surface area contributed by atoms with Gasteiger partial charge in [0.2, 0.25) is 0 Å². The molecule has 1 aliphatic rings. The number of benzene rings is 2. The van der Waals surface area contributed by atoms with E-state index in [4.69, 9.17) is 14.7 Å². The zero-order valence-corrected chi connectivity index (χ0v) is 19.8. The van der Waals surface area contributed by atoms with Gasteiger partial charge in [-0.05, 0) is 55.2 Å². The maximum atomic E-state index is 12.8. The van der Waals surface area contributed by atoms with Crippen LogP contribution in [0.25, 0.3) is 11.1 Å². The first kappa shape index (κ1) is 23.9. The van der Waals surface area contributed by atoms with Crippen molar-refractivity contribution in [2.75, 3.05) is 6.61 Å². The number of amides is 1. The van der Waals surface area contributed by atoms with E-state index in [9.17, 15) is 9.59 Å². The fraction of sp³-hybridized carbons (Fsp3) is 0.296. The lowest BCUT2D eigenvalue weighted by molar-refractivity contribution is -0.157. The van der Waals surface area contributed by atoms with Crippen LogP contribution in [-0.2, 0) is 20.7 Å². The number of nitrogens with zero attached hydrogens (tertiary/aromatic N) is 3. The molecule has 3 aromatic rings. The summed E-state index contributed by atoms with van der Waals surface area (Å²) in [6.45, 7) is 5.36. The Hall–Kier alpha value is -4.25. The van der Waals surface area contributed by atoms with Crippen LogP contribution in [0.3, 0.4) is 0 Å². The van der Waals surface area contributed by atoms with Crippen LogP contribution >= 0.6 is 0 Å². The molecule has 0 saturated heterocycles. The van der Waals surface area contributed by atoms with Crippen molar-refractivity contribution in [3.8, 4) is 17.2 Å². The Labute approximate surface area is 203 Å². The highest BCUT2D eigenvalue weighted by Crippen LogP contribution is 2.44. The van der Waals surface area contributed by atoms with Gasteiger partial charge in [-0.15, -0.1) is 5.10 Å². The SMILES string of the molecule is CC(C)(C)OC(=O)[C@H](Cc1ccc(C#N)nn1)NC(=O)OCC1c2ccccc2-c2ccccc21. The molecule has 1 amide bonds. The monoisotopic (exact) mass is 470 g/mol. The second kappa shape index (κ2) is 9.94. The minimum atomic E-state index is -1.04. The molecule has 0 radical (unpaired) electrons. The molecule has 8 heteroatoms. The van der Waals surface area contributed by atoms with Crippen molar-refractivity contribution in [1.29, 1.82) is 5.26 Å². The third kappa shape index (κ3) is 5.64. The van der Waals surface area contributed by atoms with Crippen LogP contribution in [0.5, 0.6) is 0 Å². The average Bonchev–Trinajstić information content (AvgIpc) is 3.15. The predicted octanol–water partition coefficient (Wildman–Crippen LogP) is 4.14. The molecule has 1 heterocycles. The standard InChI is InChI=1S/C27H26N4O4/c1-27(2,3)35-25(32)24(14-17-12-13-18(15-28)31-30-17)29-26(33)34-16-23-21-10-6-4-8-19(21)20-9-5-7-11-22(20)23/h4-13,23-24H,14,16H2,1-3H3,(H,29,33)/t24-/m0/s1. The number of hydrogen-bond acceptors (Lipinski definition) is 7. The lowest BCUT2D eigenvalue weighted by Gasteiger charge is -2.24. The zero-order chi connectivity index (χ0) is 25.0. The van der Waals surface area contributed by atoms with Crippen molar-refractivity contribution >= 4 is 12.1 Å². The maximum absolute atomic E-state index is 12.8. The minimum Gasteiger partial charge on any atom is -0.458 e. The number of aromatic nitrogens is 2. The summed E-state index contributed by atoms with van der Waals surface area (Å²) < 4.78 is 11.1. The summed E-state index contributed by atoms with van der Waals surface area (Å²) in [5, 5.41) is 19.3. The highest BCUT2D eigenvalue weighted by atomic mass is 16.6. The highest BCUT2D eigenvalue weighted by molar-refractivity contribution is 5.82. The van der Waals surface area contributed by atoms with E-state index >= 15 is 0 Å². The maximum Gasteiger partial charge on any atom is 0.407 e. The van der Waals surface area contributed by atoms with Gasteiger partial charge in [-0.1, -0.05) is 48.5 Å². The van der Waals surface area contributed by atoms with Gasteiger partial charge in [0.25, 0.3) is 0 Å². The fourth-order valence-corrected chi connectivity index (χ4v) is 4.09. The molecule has 0 saturated carbocycles. The lowest BCUT2D eigenvalue weighted by Crippen LogP contribution is -2.46. The quantitative estimate of drug-likeness (QED) is 0.539. The number of nitriles is 1. The van der Waals surface area contributed by atoms with Crippen molar-refractivity contribution < 1.29 is 19.1 Å². The van der Waals surface area contributed by atoms with E-state index in [0.29, 0.717) is 5.69 Å². The van der Waals surface area contributed by atoms with Crippen LogP contribution < -0.4 is 5.32 Å². The molecule has 0 fully saturated rings. The van der Waals surface area contributed by atoms with Gasteiger partial charge in [0.1, 0.15) is 24.3 Å². The molecular weight excluding hydrogens is 444 g/mol. The Morgan fingerprint density at radius 1 is 1.00 bits per heavy atom. The summed E-state index contributed by atoms with van der Waals surface area (Å²) in [6, 6.07) is 20.1. The smallest absolute Gasteiger partial charge is 0.407 e. The Morgan fingerprint density at radius 2 is 1.63 bits per heavy atom. The number of carbonyl (C=O) groups excluding carboxylic acids is 2. The van der Waals surface area contributed by atoms with E-state index in [1.807, 2.05) is 42.5 Å². The summed E-state index contributed by atoms with van der Waals surface area (Å²) in [5.74, 6) is -0.713. The number of hydrogen-bond donors (Lipinski definition) is 1. The summed E-state index contributed by atoms with van der Waals surface area (Å²) in [5.41, 5.74) is 4.29. The molecule has 0 unspecified atom stereocenters. The van der Waals surface area contributed by atoms with Gasteiger partial charge in [0.15, 0.2) is 5.69 Å². The predicted molar refractivity (Wildman–Crippen MR) is 128 cm³/mol. The first-order valence-electron chi connectivity index (χ1n) is 11.3. The van der Waals surface area contributed by atoms with Crippen LogP contribution in [0.1, 0.15) is 49.2 Å². The van der Waals surface area contributed by atoms with Crippen LogP contribution in [-0.4, -0.2) is 40.5 Å². The van der Waals surface area contributed by atoms with E-state index in [-0.39, 0.29) is 24.6 Å². The Bertz CT molecular complexity index is 1230. The molecule has 1 aliphatic carbocycles.